The van der Waals surface area contributed by atoms with Crippen LogP contribution in [-0.2, 0) is 11.3 Å². The number of pyridine rings is 1. The van der Waals surface area contributed by atoms with Crippen LogP contribution in [0.15, 0.2) is 37.2 Å². The molecule has 2 aromatic rings. The van der Waals surface area contributed by atoms with Crippen LogP contribution in [0, 0.1) is 0 Å². The van der Waals surface area contributed by atoms with E-state index in [1.807, 2.05) is 17.0 Å². The molecule has 3 heterocycles. The first-order valence-electron chi connectivity index (χ1n) is 7.58. The maximum Gasteiger partial charge on any atom is 0.222 e. The van der Waals surface area contributed by atoms with Crippen LogP contribution in [-0.4, -0.2) is 56.7 Å². The summed E-state index contributed by atoms with van der Waals surface area (Å²) in [4.78, 5) is 24.4. The molecule has 0 aliphatic carbocycles. The normalized spacial score (nSPS) is 15.1. The average Bonchev–Trinajstić information content (AvgIpc) is 3.09. The highest BCUT2D eigenvalue weighted by molar-refractivity contribution is 5.76. The van der Waals surface area contributed by atoms with Gasteiger partial charge in [0.05, 0.1) is 0 Å². The summed E-state index contributed by atoms with van der Waals surface area (Å²) in [7, 11) is 0. The quantitative estimate of drug-likeness (QED) is 0.817. The maximum atomic E-state index is 12.2. The highest BCUT2D eigenvalue weighted by Gasteiger charge is 2.20. The van der Waals surface area contributed by atoms with E-state index in [1.165, 1.54) is 12.0 Å². The SMILES string of the molecule is O=C(CCCn1cncn1)N1CCN(c2ccncc2)CC1. The zero-order chi connectivity index (χ0) is 15.2. The number of aromatic nitrogens is 4. The summed E-state index contributed by atoms with van der Waals surface area (Å²) in [6.07, 6.45) is 8.16. The molecular formula is C15H20N6O. The van der Waals surface area contributed by atoms with Crippen LogP contribution in [0.25, 0.3) is 0 Å². The number of anilines is 1. The zero-order valence-electron chi connectivity index (χ0n) is 12.5. The number of hydrogen-bond donors (Lipinski definition) is 0. The molecule has 7 nitrogen and oxygen atoms in total. The fourth-order valence-corrected chi connectivity index (χ4v) is 2.67. The molecule has 2 aromatic heterocycles. The predicted octanol–water partition coefficient (Wildman–Crippen LogP) is 0.802. The lowest BCUT2D eigenvalue weighted by molar-refractivity contribution is -0.131. The van der Waals surface area contributed by atoms with Gasteiger partial charge in [0, 0.05) is 57.2 Å². The van der Waals surface area contributed by atoms with Crippen molar-refractivity contribution in [1.82, 2.24) is 24.6 Å². The maximum absolute atomic E-state index is 12.2. The van der Waals surface area contributed by atoms with Crippen LogP contribution in [0.2, 0.25) is 0 Å². The summed E-state index contributed by atoms with van der Waals surface area (Å²) in [5, 5.41) is 4.04. The molecule has 1 aliphatic rings. The van der Waals surface area contributed by atoms with Gasteiger partial charge in [0.15, 0.2) is 0 Å². The second-order valence-corrected chi connectivity index (χ2v) is 5.34. The number of rotatable bonds is 5. The predicted molar refractivity (Wildman–Crippen MR) is 82.3 cm³/mol. The molecule has 0 radical (unpaired) electrons. The third-order valence-electron chi connectivity index (χ3n) is 3.90. The smallest absolute Gasteiger partial charge is 0.222 e. The lowest BCUT2D eigenvalue weighted by Crippen LogP contribution is -2.48. The average molecular weight is 300 g/mol. The van der Waals surface area contributed by atoms with Crippen LogP contribution in [0.3, 0.4) is 0 Å². The van der Waals surface area contributed by atoms with Crippen molar-refractivity contribution in [1.29, 1.82) is 0 Å². The van der Waals surface area contributed by atoms with E-state index in [0.29, 0.717) is 6.42 Å². The minimum absolute atomic E-state index is 0.231. The van der Waals surface area contributed by atoms with E-state index in [9.17, 15) is 4.79 Å². The number of carbonyl (C=O) groups excluding carboxylic acids is 1. The molecule has 0 saturated carbocycles. The number of aryl methyl sites for hydroxylation is 1. The Bertz CT molecular complexity index is 577. The van der Waals surface area contributed by atoms with E-state index >= 15 is 0 Å². The summed E-state index contributed by atoms with van der Waals surface area (Å²) < 4.78 is 1.76. The molecular weight excluding hydrogens is 280 g/mol. The topological polar surface area (TPSA) is 67.2 Å². The zero-order valence-corrected chi connectivity index (χ0v) is 12.5. The van der Waals surface area contributed by atoms with Gasteiger partial charge in [0.2, 0.25) is 5.91 Å². The summed E-state index contributed by atoms with van der Waals surface area (Å²) in [5.41, 5.74) is 1.17. The van der Waals surface area contributed by atoms with Crippen molar-refractivity contribution in [2.75, 3.05) is 31.1 Å². The van der Waals surface area contributed by atoms with Gasteiger partial charge in [-0.2, -0.15) is 5.10 Å². The van der Waals surface area contributed by atoms with Gasteiger partial charge >= 0.3 is 0 Å². The number of amides is 1. The fraction of sp³-hybridized carbons (Fsp3) is 0.467. The molecule has 116 valence electrons. The molecule has 3 rings (SSSR count). The van der Waals surface area contributed by atoms with Gasteiger partial charge in [0.25, 0.3) is 0 Å². The second-order valence-electron chi connectivity index (χ2n) is 5.34. The Morgan fingerprint density at radius 1 is 1.09 bits per heavy atom. The summed E-state index contributed by atoms with van der Waals surface area (Å²) in [6, 6.07) is 4.02. The van der Waals surface area contributed by atoms with E-state index in [1.54, 1.807) is 23.4 Å². The van der Waals surface area contributed by atoms with Gasteiger partial charge in [0.1, 0.15) is 12.7 Å². The van der Waals surface area contributed by atoms with Crippen LogP contribution >= 0.6 is 0 Å². The van der Waals surface area contributed by atoms with Crippen molar-refractivity contribution < 1.29 is 4.79 Å². The van der Waals surface area contributed by atoms with E-state index in [-0.39, 0.29) is 5.91 Å². The molecule has 1 amide bonds. The van der Waals surface area contributed by atoms with E-state index in [2.05, 4.69) is 20.0 Å². The molecule has 0 spiro atoms. The Balaban J connectivity index is 1.42. The number of carbonyl (C=O) groups is 1. The minimum atomic E-state index is 0.231. The van der Waals surface area contributed by atoms with Crippen molar-refractivity contribution in [2.24, 2.45) is 0 Å². The van der Waals surface area contributed by atoms with Gasteiger partial charge < -0.3 is 9.80 Å². The van der Waals surface area contributed by atoms with Gasteiger partial charge in [-0.1, -0.05) is 0 Å². The summed E-state index contributed by atoms with van der Waals surface area (Å²) in [5.74, 6) is 0.231. The highest BCUT2D eigenvalue weighted by Crippen LogP contribution is 2.15. The Kier molecular flexibility index (Phi) is 4.62. The van der Waals surface area contributed by atoms with Crippen molar-refractivity contribution in [3.8, 4) is 0 Å². The Labute approximate surface area is 129 Å². The Morgan fingerprint density at radius 3 is 2.55 bits per heavy atom. The van der Waals surface area contributed by atoms with Gasteiger partial charge in [-0.15, -0.1) is 0 Å². The van der Waals surface area contributed by atoms with Gasteiger partial charge in [-0.3, -0.25) is 14.5 Å². The molecule has 0 atom stereocenters. The van der Waals surface area contributed by atoms with Gasteiger partial charge in [-0.05, 0) is 18.6 Å². The van der Waals surface area contributed by atoms with Crippen LogP contribution < -0.4 is 4.90 Å². The minimum Gasteiger partial charge on any atom is -0.368 e. The van der Waals surface area contributed by atoms with E-state index in [4.69, 9.17) is 0 Å². The molecule has 0 unspecified atom stereocenters. The largest absolute Gasteiger partial charge is 0.368 e. The van der Waals surface area contributed by atoms with Crippen molar-refractivity contribution in [2.45, 2.75) is 19.4 Å². The summed E-state index contributed by atoms with van der Waals surface area (Å²) >= 11 is 0. The highest BCUT2D eigenvalue weighted by atomic mass is 16.2. The molecule has 0 aromatic carbocycles. The first kappa shape index (κ1) is 14.5. The third-order valence-corrected chi connectivity index (χ3v) is 3.90. The lowest BCUT2D eigenvalue weighted by atomic mass is 10.2. The monoisotopic (exact) mass is 300 g/mol. The number of piperazine rings is 1. The van der Waals surface area contributed by atoms with Crippen LogP contribution in [0.1, 0.15) is 12.8 Å². The summed E-state index contributed by atoms with van der Waals surface area (Å²) in [6.45, 7) is 4.05. The van der Waals surface area contributed by atoms with Crippen LogP contribution in [0.5, 0.6) is 0 Å². The molecule has 7 heteroatoms. The third kappa shape index (κ3) is 3.60. The number of nitrogens with zero attached hydrogens (tertiary/aromatic N) is 6. The van der Waals surface area contributed by atoms with Gasteiger partial charge in [-0.25, -0.2) is 4.98 Å². The molecule has 22 heavy (non-hydrogen) atoms. The van der Waals surface area contributed by atoms with Crippen molar-refractivity contribution >= 4 is 11.6 Å². The molecule has 0 N–H and O–H groups in total. The molecule has 0 bridgehead atoms. The van der Waals surface area contributed by atoms with E-state index in [0.717, 1.165) is 39.1 Å². The molecule has 1 fully saturated rings. The molecule has 1 aliphatic heterocycles. The van der Waals surface area contributed by atoms with E-state index < -0.39 is 0 Å². The van der Waals surface area contributed by atoms with Crippen LogP contribution in [0.4, 0.5) is 5.69 Å². The lowest BCUT2D eigenvalue weighted by Gasteiger charge is -2.36. The molecule has 1 saturated heterocycles. The Hall–Kier alpha value is -2.44. The standard InChI is InChI=1S/C15H20N6O/c22-15(2-1-7-21-13-17-12-18-21)20-10-8-19(9-11-20)14-3-5-16-6-4-14/h3-6,12-13H,1-2,7-11H2. The first-order valence-corrected chi connectivity index (χ1v) is 7.58. The van der Waals surface area contributed by atoms with Crippen molar-refractivity contribution in [3.05, 3.63) is 37.2 Å². The first-order chi connectivity index (χ1) is 10.8. The Morgan fingerprint density at radius 2 is 1.86 bits per heavy atom. The fourth-order valence-electron chi connectivity index (χ4n) is 2.67. The van der Waals surface area contributed by atoms with Crippen molar-refractivity contribution in [3.63, 3.8) is 0 Å². The number of hydrogen-bond acceptors (Lipinski definition) is 5. The second kappa shape index (κ2) is 7.02.